The summed E-state index contributed by atoms with van der Waals surface area (Å²) in [6, 6.07) is 0. The van der Waals surface area contributed by atoms with E-state index in [-0.39, 0.29) is 0 Å². The number of nitrogens with two attached hydrogens (primary N) is 1. The van der Waals surface area contributed by atoms with E-state index in [0.717, 1.165) is 24.7 Å². The fourth-order valence-corrected chi connectivity index (χ4v) is 1.11. The largest absolute Gasteiger partial charge is 0.378 e. The molecule has 0 unspecified atom stereocenters. The molecule has 0 fully saturated rings. The van der Waals surface area contributed by atoms with Gasteiger partial charge in [0.2, 0.25) is 0 Å². The van der Waals surface area contributed by atoms with Crippen LogP contribution < -0.4 is 5.73 Å². The molecule has 0 aliphatic heterocycles. The van der Waals surface area contributed by atoms with Gasteiger partial charge in [-0.2, -0.15) is 11.8 Å². The zero-order chi connectivity index (χ0) is 7.82. The van der Waals surface area contributed by atoms with Gasteiger partial charge in [0.15, 0.2) is 0 Å². The molecule has 0 aliphatic rings. The molecule has 0 aliphatic carbocycles. The van der Waals surface area contributed by atoms with E-state index in [4.69, 9.17) is 10.5 Å². The van der Waals surface area contributed by atoms with Crippen LogP contribution in [0, 0.1) is 0 Å². The summed E-state index contributed by atoms with van der Waals surface area (Å²) in [5.41, 5.74) is 5.31. The molecule has 0 aromatic heterocycles. The van der Waals surface area contributed by atoms with E-state index in [1.165, 1.54) is 0 Å². The van der Waals surface area contributed by atoms with Crippen LogP contribution in [0.1, 0.15) is 13.8 Å². The van der Waals surface area contributed by atoms with E-state index >= 15 is 0 Å². The van der Waals surface area contributed by atoms with Crippen molar-refractivity contribution in [3.05, 3.63) is 0 Å². The van der Waals surface area contributed by atoms with Crippen molar-refractivity contribution in [2.75, 3.05) is 24.7 Å². The predicted octanol–water partition coefficient (Wildman–Crippen LogP) is 1.10. The molecule has 0 saturated heterocycles. The highest BCUT2D eigenvalue weighted by atomic mass is 32.2. The van der Waals surface area contributed by atoms with Crippen LogP contribution in [0.2, 0.25) is 0 Å². The lowest BCUT2D eigenvalue weighted by molar-refractivity contribution is 0.0920. The van der Waals surface area contributed by atoms with Gasteiger partial charge < -0.3 is 10.5 Å². The fourth-order valence-electron chi connectivity index (χ4n) is 0.528. The Morgan fingerprint density at radius 2 is 2.10 bits per heavy atom. The van der Waals surface area contributed by atoms with Crippen LogP contribution in [-0.4, -0.2) is 30.8 Å². The van der Waals surface area contributed by atoms with Crippen molar-refractivity contribution in [1.29, 1.82) is 0 Å². The fraction of sp³-hybridized carbons (Fsp3) is 1.00. The number of rotatable bonds is 6. The van der Waals surface area contributed by atoms with Crippen LogP contribution in [0.25, 0.3) is 0 Å². The molecule has 2 nitrogen and oxygen atoms in total. The van der Waals surface area contributed by atoms with Gasteiger partial charge in [-0.1, -0.05) is 0 Å². The second-order valence-electron chi connectivity index (χ2n) is 2.32. The quantitative estimate of drug-likeness (QED) is 0.596. The maximum Gasteiger partial charge on any atom is 0.0560 e. The maximum atomic E-state index is 5.33. The second-order valence-corrected chi connectivity index (χ2v) is 3.55. The van der Waals surface area contributed by atoms with E-state index in [2.05, 4.69) is 0 Å². The molecule has 0 saturated carbocycles. The van der Waals surface area contributed by atoms with Gasteiger partial charge in [-0.25, -0.2) is 0 Å². The molecule has 0 amide bonds. The van der Waals surface area contributed by atoms with Crippen molar-refractivity contribution in [2.45, 2.75) is 20.0 Å². The summed E-state index contributed by atoms with van der Waals surface area (Å²) in [6.07, 6.45) is 0.360. The average molecular weight is 163 g/mol. The Hall–Kier alpha value is 0.270. The Balaban J connectivity index is 2.77. The summed E-state index contributed by atoms with van der Waals surface area (Å²) in [4.78, 5) is 0. The molecule has 62 valence electrons. The highest BCUT2D eigenvalue weighted by molar-refractivity contribution is 7.99. The predicted molar refractivity (Wildman–Crippen MR) is 47.5 cm³/mol. The highest BCUT2D eigenvalue weighted by Gasteiger charge is 1.91. The molecule has 0 spiro atoms. The molecule has 0 bridgehead atoms. The van der Waals surface area contributed by atoms with Crippen LogP contribution in [0.15, 0.2) is 0 Å². The van der Waals surface area contributed by atoms with E-state index in [1.807, 2.05) is 25.6 Å². The van der Waals surface area contributed by atoms with Gasteiger partial charge in [0.25, 0.3) is 0 Å². The topological polar surface area (TPSA) is 35.2 Å². The molecule has 0 heterocycles. The van der Waals surface area contributed by atoms with Crippen molar-refractivity contribution in [1.82, 2.24) is 0 Å². The molecular weight excluding hydrogens is 146 g/mol. The lowest BCUT2D eigenvalue weighted by Crippen LogP contribution is -2.07. The Kier molecular flexibility index (Phi) is 7.58. The summed E-state index contributed by atoms with van der Waals surface area (Å²) in [5.74, 6) is 2.11. The van der Waals surface area contributed by atoms with Crippen LogP contribution in [0.5, 0.6) is 0 Å². The number of hydrogen-bond acceptors (Lipinski definition) is 3. The van der Waals surface area contributed by atoms with Gasteiger partial charge in [-0.3, -0.25) is 0 Å². The lowest BCUT2D eigenvalue weighted by atomic mass is 10.5. The lowest BCUT2D eigenvalue weighted by Gasteiger charge is -2.05. The molecule has 0 radical (unpaired) electrons. The first-order valence-corrected chi connectivity index (χ1v) is 4.82. The summed E-state index contributed by atoms with van der Waals surface area (Å²) < 4.78 is 5.33. The second kappa shape index (κ2) is 7.38. The smallest absolute Gasteiger partial charge is 0.0560 e. The zero-order valence-electron chi connectivity index (χ0n) is 6.80. The van der Waals surface area contributed by atoms with E-state index in [0.29, 0.717) is 6.10 Å². The molecule has 0 rings (SSSR count). The van der Waals surface area contributed by atoms with Crippen molar-refractivity contribution in [3.63, 3.8) is 0 Å². The third-order valence-corrected chi connectivity index (χ3v) is 1.92. The number of ether oxygens (including phenoxy) is 1. The van der Waals surface area contributed by atoms with Crippen LogP contribution in [0.4, 0.5) is 0 Å². The Morgan fingerprint density at radius 1 is 1.40 bits per heavy atom. The van der Waals surface area contributed by atoms with Gasteiger partial charge in [0.1, 0.15) is 0 Å². The van der Waals surface area contributed by atoms with Crippen molar-refractivity contribution >= 4 is 11.8 Å². The van der Waals surface area contributed by atoms with Crippen molar-refractivity contribution in [2.24, 2.45) is 5.73 Å². The van der Waals surface area contributed by atoms with Gasteiger partial charge >= 0.3 is 0 Å². The Bertz CT molecular complexity index is 68.6. The standard InChI is InChI=1S/C7H17NOS/c1-7(2)9-4-6-10-5-3-8/h7H,3-6,8H2,1-2H3. The first kappa shape index (κ1) is 10.3. The minimum Gasteiger partial charge on any atom is -0.378 e. The average Bonchev–Trinajstić information content (AvgIpc) is 1.87. The zero-order valence-corrected chi connectivity index (χ0v) is 7.62. The minimum atomic E-state index is 0.360. The summed E-state index contributed by atoms with van der Waals surface area (Å²) in [6.45, 7) is 5.72. The molecular formula is C7H17NOS. The third kappa shape index (κ3) is 8.27. The summed E-state index contributed by atoms with van der Waals surface area (Å²) >= 11 is 1.85. The van der Waals surface area contributed by atoms with Gasteiger partial charge in [-0.05, 0) is 13.8 Å². The molecule has 2 N–H and O–H groups in total. The minimum absolute atomic E-state index is 0.360. The van der Waals surface area contributed by atoms with Crippen LogP contribution >= 0.6 is 11.8 Å². The Morgan fingerprint density at radius 3 is 2.60 bits per heavy atom. The maximum absolute atomic E-state index is 5.33. The number of thioether (sulfide) groups is 1. The number of hydrogen-bond donors (Lipinski definition) is 1. The monoisotopic (exact) mass is 163 g/mol. The van der Waals surface area contributed by atoms with Crippen LogP contribution in [-0.2, 0) is 4.74 Å². The van der Waals surface area contributed by atoms with Crippen LogP contribution in [0.3, 0.4) is 0 Å². The normalized spacial score (nSPS) is 10.8. The summed E-state index contributed by atoms with van der Waals surface area (Å²) in [7, 11) is 0. The van der Waals surface area contributed by atoms with E-state index in [1.54, 1.807) is 0 Å². The van der Waals surface area contributed by atoms with Gasteiger partial charge in [-0.15, -0.1) is 0 Å². The van der Waals surface area contributed by atoms with Gasteiger partial charge in [0, 0.05) is 18.1 Å². The first-order chi connectivity index (χ1) is 4.77. The summed E-state index contributed by atoms with van der Waals surface area (Å²) in [5, 5.41) is 0. The van der Waals surface area contributed by atoms with Gasteiger partial charge in [0.05, 0.1) is 12.7 Å². The van der Waals surface area contributed by atoms with E-state index in [9.17, 15) is 0 Å². The van der Waals surface area contributed by atoms with E-state index < -0.39 is 0 Å². The third-order valence-electron chi connectivity index (χ3n) is 0.941. The SMILES string of the molecule is CC(C)OCCSCCN. The molecule has 0 aromatic carbocycles. The van der Waals surface area contributed by atoms with Crippen molar-refractivity contribution < 1.29 is 4.74 Å². The highest BCUT2D eigenvalue weighted by Crippen LogP contribution is 1.98. The Labute approximate surface area is 67.5 Å². The molecule has 3 heteroatoms. The van der Waals surface area contributed by atoms with Crippen molar-refractivity contribution in [3.8, 4) is 0 Å². The molecule has 10 heavy (non-hydrogen) atoms. The first-order valence-electron chi connectivity index (χ1n) is 3.66. The molecule has 0 aromatic rings. The molecule has 0 atom stereocenters.